The maximum absolute atomic E-state index is 13.3. The number of methoxy groups -OCH3 is 1. The van der Waals surface area contributed by atoms with E-state index in [0.29, 0.717) is 40.8 Å². The van der Waals surface area contributed by atoms with E-state index in [1.165, 1.54) is 4.90 Å². The summed E-state index contributed by atoms with van der Waals surface area (Å²) in [6, 6.07) is 20.6. The second-order valence-corrected chi connectivity index (χ2v) is 9.01. The summed E-state index contributed by atoms with van der Waals surface area (Å²) in [6.45, 7) is 6.65. The van der Waals surface area contributed by atoms with Gasteiger partial charge in [0.1, 0.15) is 17.3 Å². The molecule has 0 bridgehead atoms. The van der Waals surface area contributed by atoms with Crippen LogP contribution < -0.4 is 14.4 Å². The summed E-state index contributed by atoms with van der Waals surface area (Å²) in [7, 11) is 1.57. The number of aliphatic hydroxyl groups is 1. The molecule has 1 saturated heterocycles. The number of benzene rings is 3. The van der Waals surface area contributed by atoms with Gasteiger partial charge < -0.3 is 14.6 Å². The molecule has 0 aromatic heterocycles. The molecular weight excluding hydrogens is 442 g/mol. The number of nitrogens with zero attached hydrogens (tertiary/aromatic N) is 1. The van der Waals surface area contributed by atoms with Crippen LogP contribution in [0.4, 0.5) is 5.69 Å². The molecule has 1 unspecified atom stereocenters. The zero-order valence-electron chi connectivity index (χ0n) is 20.3. The Hall–Kier alpha value is -4.06. The number of Topliss-reactive ketones (excluding diaryl/α,β-unsaturated/α-hetero) is 1. The van der Waals surface area contributed by atoms with E-state index in [1.54, 1.807) is 67.8 Å². The number of ketones is 1. The summed E-state index contributed by atoms with van der Waals surface area (Å²) in [5, 5.41) is 11.2. The topological polar surface area (TPSA) is 76.1 Å². The van der Waals surface area contributed by atoms with E-state index in [4.69, 9.17) is 9.47 Å². The van der Waals surface area contributed by atoms with Gasteiger partial charge in [-0.1, -0.05) is 55.8 Å². The first-order chi connectivity index (χ1) is 16.8. The largest absolute Gasteiger partial charge is 0.507 e. The Kier molecular flexibility index (Phi) is 6.92. The molecule has 0 spiro atoms. The van der Waals surface area contributed by atoms with Crippen molar-refractivity contribution in [3.05, 3.63) is 95.1 Å². The van der Waals surface area contributed by atoms with E-state index in [2.05, 4.69) is 13.8 Å². The fraction of sp³-hybridized carbons (Fsp3) is 0.241. The fourth-order valence-electron chi connectivity index (χ4n) is 4.03. The van der Waals surface area contributed by atoms with Crippen molar-refractivity contribution in [2.45, 2.75) is 26.8 Å². The number of anilines is 1. The number of aryl methyl sites for hydroxylation is 1. The quantitative estimate of drug-likeness (QED) is 0.273. The minimum absolute atomic E-state index is 0.0455. The summed E-state index contributed by atoms with van der Waals surface area (Å²) in [5.74, 6) is 0.0721. The Labute approximate surface area is 205 Å². The fourth-order valence-corrected chi connectivity index (χ4v) is 4.03. The van der Waals surface area contributed by atoms with E-state index < -0.39 is 17.7 Å². The highest BCUT2D eigenvalue weighted by molar-refractivity contribution is 6.51. The standard InChI is InChI=1S/C29H29NO5/c1-18(2)17-35-24-15-11-22(12-16-24)30-26(20-9-13-23(34-4)14-10-20)25(28(32)29(30)33)27(31)21-7-5-19(3)6-8-21/h5-16,18,26,31H,17H2,1-4H3/b27-25+. The third-order valence-corrected chi connectivity index (χ3v) is 5.90. The van der Waals surface area contributed by atoms with E-state index in [1.807, 2.05) is 19.1 Å². The van der Waals surface area contributed by atoms with Gasteiger partial charge in [0.05, 0.1) is 25.3 Å². The maximum atomic E-state index is 13.3. The predicted molar refractivity (Wildman–Crippen MR) is 136 cm³/mol. The number of hydrogen-bond acceptors (Lipinski definition) is 5. The van der Waals surface area contributed by atoms with Gasteiger partial charge in [0.25, 0.3) is 11.7 Å². The summed E-state index contributed by atoms with van der Waals surface area (Å²) < 4.78 is 11.0. The van der Waals surface area contributed by atoms with Gasteiger partial charge in [-0.2, -0.15) is 0 Å². The van der Waals surface area contributed by atoms with Gasteiger partial charge in [-0.05, 0) is 54.8 Å². The van der Waals surface area contributed by atoms with Crippen LogP contribution in [0.5, 0.6) is 11.5 Å². The minimum atomic E-state index is -0.801. The average molecular weight is 472 g/mol. The summed E-state index contributed by atoms with van der Waals surface area (Å²) in [4.78, 5) is 28.0. The highest BCUT2D eigenvalue weighted by Crippen LogP contribution is 2.42. The monoisotopic (exact) mass is 471 g/mol. The molecule has 1 N–H and O–H groups in total. The Morgan fingerprint density at radius 1 is 0.914 bits per heavy atom. The lowest BCUT2D eigenvalue weighted by Crippen LogP contribution is -2.29. The van der Waals surface area contributed by atoms with Crippen molar-refractivity contribution < 1.29 is 24.2 Å². The van der Waals surface area contributed by atoms with Gasteiger partial charge >= 0.3 is 0 Å². The van der Waals surface area contributed by atoms with Gasteiger partial charge in [0, 0.05) is 11.3 Å². The van der Waals surface area contributed by atoms with Crippen LogP contribution in [0, 0.1) is 12.8 Å². The molecule has 1 fully saturated rings. The lowest BCUT2D eigenvalue weighted by Gasteiger charge is -2.26. The maximum Gasteiger partial charge on any atom is 0.300 e. The molecule has 1 atom stereocenters. The number of amides is 1. The zero-order chi connectivity index (χ0) is 25.1. The first kappa shape index (κ1) is 24.1. The predicted octanol–water partition coefficient (Wildman–Crippen LogP) is 5.66. The van der Waals surface area contributed by atoms with Crippen LogP contribution in [0.1, 0.15) is 36.6 Å². The molecule has 1 amide bonds. The van der Waals surface area contributed by atoms with Crippen molar-refractivity contribution >= 4 is 23.1 Å². The van der Waals surface area contributed by atoms with Crippen LogP contribution in [-0.4, -0.2) is 30.5 Å². The number of ether oxygens (including phenoxy) is 2. The van der Waals surface area contributed by atoms with E-state index >= 15 is 0 Å². The second-order valence-electron chi connectivity index (χ2n) is 9.01. The Balaban J connectivity index is 1.81. The van der Waals surface area contributed by atoms with Crippen LogP contribution in [0.25, 0.3) is 5.76 Å². The third kappa shape index (κ3) is 4.92. The molecular formula is C29H29NO5. The number of rotatable bonds is 7. The SMILES string of the molecule is COc1ccc(C2/C(=C(\O)c3ccc(C)cc3)C(=O)C(=O)N2c2ccc(OCC(C)C)cc2)cc1. The highest BCUT2D eigenvalue weighted by Gasteiger charge is 2.47. The Bertz CT molecular complexity index is 1240. The van der Waals surface area contributed by atoms with Crippen LogP contribution in [0.3, 0.4) is 0 Å². The molecule has 1 aliphatic rings. The van der Waals surface area contributed by atoms with Crippen molar-refractivity contribution in [2.24, 2.45) is 5.92 Å². The van der Waals surface area contributed by atoms with Crippen molar-refractivity contribution in [3.8, 4) is 11.5 Å². The molecule has 0 saturated carbocycles. The van der Waals surface area contributed by atoms with Crippen molar-refractivity contribution in [1.82, 2.24) is 0 Å². The second kappa shape index (κ2) is 10.1. The Morgan fingerprint density at radius 3 is 2.09 bits per heavy atom. The van der Waals surface area contributed by atoms with Gasteiger partial charge in [-0.3, -0.25) is 14.5 Å². The summed E-state index contributed by atoms with van der Waals surface area (Å²) >= 11 is 0. The van der Waals surface area contributed by atoms with Crippen LogP contribution >= 0.6 is 0 Å². The average Bonchev–Trinajstić information content (AvgIpc) is 3.13. The molecule has 3 aromatic carbocycles. The normalized spacial score (nSPS) is 17.2. The molecule has 6 heteroatoms. The van der Waals surface area contributed by atoms with Crippen LogP contribution in [-0.2, 0) is 9.59 Å². The molecule has 1 aliphatic heterocycles. The first-order valence-corrected chi connectivity index (χ1v) is 11.5. The molecule has 35 heavy (non-hydrogen) atoms. The molecule has 180 valence electrons. The molecule has 6 nitrogen and oxygen atoms in total. The molecule has 4 rings (SSSR count). The van der Waals surface area contributed by atoms with E-state index in [9.17, 15) is 14.7 Å². The lowest BCUT2D eigenvalue weighted by atomic mass is 9.95. The summed E-state index contributed by atoms with van der Waals surface area (Å²) in [5.41, 5.74) is 2.76. The Morgan fingerprint density at radius 2 is 1.51 bits per heavy atom. The number of carbonyl (C=O) groups is 2. The van der Waals surface area contributed by atoms with Gasteiger partial charge in [0.15, 0.2) is 0 Å². The molecule has 3 aromatic rings. The van der Waals surface area contributed by atoms with Crippen molar-refractivity contribution in [2.75, 3.05) is 18.6 Å². The van der Waals surface area contributed by atoms with E-state index in [0.717, 1.165) is 5.56 Å². The smallest absolute Gasteiger partial charge is 0.300 e. The third-order valence-electron chi connectivity index (χ3n) is 5.90. The molecule has 0 aliphatic carbocycles. The minimum Gasteiger partial charge on any atom is -0.507 e. The summed E-state index contributed by atoms with van der Waals surface area (Å²) in [6.07, 6.45) is 0. The van der Waals surface area contributed by atoms with Gasteiger partial charge in [-0.25, -0.2) is 0 Å². The first-order valence-electron chi connectivity index (χ1n) is 11.5. The molecule has 1 heterocycles. The zero-order valence-corrected chi connectivity index (χ0v) is 20.3. The number of carbonyl (C=O) groups excluding carboxylic acids is 2. The number of hydrogen-bond donors (Lipinski definition) is 1. The lowest BCUT2D eigenvalue weighted by molar-refractivity contribution is -0.132. The van der Waals surface area contributed by atoms with Gasteiger partial charge in [-0.15, -0.1) is 0 Å². The highest BCUT2D eigenvalue weighted by atomic mass is 16.5. The van der Waals surface area contributed by atoms with Crippen LogP contribution in [0.2, 0.25) is 0 Å². The molecule has 0 radical (unpaired) electrons. The van der Waals surface area contributed by atoms with Crippen molar-refractivity contribution in [3.63, 3.8) is 0 Å². The number of aliphatic hydroxyl groups excluding tert-OH is 1. The van der Waals surface area contributed by atoms with Crippen LogP contribution in [0.15, 0.2) is 78.4 Å². The van der Waals surface area contributed by atoms with Crippen molar-refractivity contribution in [1.29, 1.82) is 0 Å². The van der Waals surface area contributed by atoms with Gasteiger partial charge in [0.2, 0.25) is 0 Å². The van der Waals surface area contributed by atoms with E-state index in [-0.39, 0.29) is 11.3 Å².